The van der Waals surface area contributed by atoms with E-state index in [1.165, 1.54) is 25.3 Å². The maximum Gasteiger partial charge on any atom is 0.339 e. The Morgan fingerprint density at radius 3 is 2.71 bits per heavy atom. The summed E-state index contributed by atoms with van der Waals surface area (Å²) < 4.78 is 10.3. The van der Waals surface area contributed by atoms with Crippen LogP contribution in [-0.4, -0.2) is 29.4 Å². The number of aliphatic hydroxyl groups is 1. The Labute approximate surface area is 124 Å². The lowest BCUT2D eigenvalue weighted by Gasteiger charge is -2.19. The first-order valence-electron chi connectivity index (χ1n) is 7.08. The maximum absolute atomic E-state index is 11.4. The summed E-state index contributed by atoms with van der Waals surface area (Å²) in [6.45, 7) is 4.38. The van der Waals surface area contributed by atoms with Crippen molar-refractivity contribution in [1.29, 1.82) is 0 Å². The number of phenolic OH excluding ortho intramolecular Hbond substituents is 1. The van der Waals surface area contributed by atoms with Crippen LogP contribution in [0.4, 0.5) is 0 Å². The van der Waals surface area contributed by atoms with Crippen LogP contribution in [0.15, 0.2) is 18.2 Å². The molecular formula is C16H22O5. The molecule has 5 heteroatoms. The van der Waals surface area contributed by atoms with Crippen molar-refractivity contribution in [3.63, 3.8) is 0 Å². The highest BCUT2D eigenvalue weighted by Gasteiger charge is 2.32. The number of carbonyl (C=O) groups excluding carboxylic acids is 1. The van der Waals surface area contributed by atoms with Crippen LogP contribution in [-0.2, 0) is 9.53 Å². The zero-order chi connectivity index (χ0) is 15.6. The zero-order valence-electron chi connectivity index (χ0n) is 12.6. The molecule has 1 fully saturated rings. The Balaban J connectivity index is 2.14. The van der Waals surface area contributed by atoms with E-state index in [0.717, 1.165) is 19.3 Å². The first-order chi connectivity index (χ1) is 9.82. The third-order valence-electron chi connectivity index (χ3n) is 3.94. The van der Waals surface area contributed by atoms with Crippen molar-refractivity contribution in [2.45, 2.75) is 45.3 Å². The SMILES string of the molecule is COC(=O)C(O)c1ccc(O)c(OC2CCC(C)(C)C2)c1. The zero-order valence-corrected chi connectivity index (χ0v) is 12.6. The first kappa shape index (κ1) is 15.6. The van der Waals surface area contributed by atoms with E-state index in [0.29, 0.717) is 5.56 Å². The van der Waals surface area contributed by atoms with Gasteiger partial charge in [-0.25, -0.2) is 4.79 Å². The molecule has 2 rings (SSSR count). The van der Waals surface area contributed by atoms with E-state index in [1.807, 2.05) is 0 Å². The van der Waals surface area contributed by atoms with E-state index in [4.69, 9.17) is 4.74 Å². The maximum atomic E-state index is 11.4. The molecule has 1 aliphatic carbocycles. The number of carbonyl (C=O) groups is 1. The van der Waals surface area contributed by atoms with Gasteiger partial charge in [0.05, 0.1) is 13.2 Å². The van der Waals surface area contributed by atoms with E-state index < -0.39 is 12.1 Å². The van der Waals surface area contributed by atoms with Gasteiger partial charge in [0.25, 0.3) is 0 Å². The molecule has 0 amide bonds. The number of aliphatic hydroxyl groups excluding tert-OH is 1. The molecule has 0 aromatic heterocycles. The Morgan fingerprint density at radius 1 is 1.43 bits per heavy atom. The van der Waals surface area contributed by atoms with Crippen LogP contribution in [0.3, 0.4) is 0 Å². The van der Waals surface area contributed by atoms with Crippen LogP contribution >= 0.6 is 0 Å². The topological polar surface area (TPSA) is 76.0 Å². The number of benzene rings is 1. The van der Waals surface area contributed by atoms with Crippen LogP contribution in [0.2, 0.25) is 0 Å². The third kappa shape index (κ3) is 3.67. The normalized spacial score (nSPS) is 21.8. The highest BCUT2D eigenvalue weighted by atomic mass is 16.5. The highest BCUT2D eigenvalue weighted by Crippen LogP contribution is 2.40. The fourth-order valence-electron chi connectivity index (χ4n) is 2.70. The number of phenols is 1. The summed E-state index contributed by atoms with van der Waals surface area (Å²) in [5.41, 5.74) is 0.579. The van der Waals surface area contributed by atoms with Crippen LogP contribution in [0.5, 0.6) is 11.5 Å². The van der Waals surface area contributed by atoms with Gasteiger partial charge in [-0.15, -0.1) is 0 Å². The van der Waals surface area contributed by atoms with E-state index in [2.05, 4.69) is 18.6 Å². The van der Waals surface area contributed by atoms with E-state index in [-0.39, 0.29) is 23.0 Å². The van der Waals surface area contributed by atoms with Gasteiger partial charge >= 0.3 is 5.97 Å². The second-order valence-electron chi connectivity index (χ2n) is 6.30. The largest absolute Gasteiger partial charge is 0.504 e. The fourth-order valence-corrected chi connectivity index (χ4v) is 2.70. The molecule has 1 aliphatic rings. The lowest BCUT2D eigenvalue weighted by Crippen LogP contribution is -2.16. The summed E-state index contributed by atoms with van der Waals surface area (Å²) in [6, 6.07) is 4.38. The number of methoxy groups -OCH3 is 1. The Hall–Kier alpha value is -1.75. The minimum atomic E-state index is -1.38. The Bertz CT molecular complexity index is 523. The summed E-state index contributed by atoms with van der Waals surface area (Å²) >= 11 is 0. The molecule has 0 aliphatic heterocycles. The van der Waals surface area contributed by atoms with E-state index in [1.54, 1.807) is 0 Å². The number of hydrogen-bond donors (Lipinski definition) is 2. The van der Waals surface area contributed by atoms with Crippen LogP contribution in [0, 0.1) is 5.41 Å². The second-order valence-corrected chi connectivity index (χ2v) is 6.30. The second kappa shape index (κ2) is 5.93. The molecule has 21 heavy (non-hydrogen) atoms. The molecule has 0 saturated heterocycles. The van der Waals surface area contributed by atoms with Crippen LogP contribution in [0.25, 0.3) is 0 Å². The molecule has 2 atom stereocenters. The number of aromatic hydroxyl groups is 1. The molecule has 1 aromatic rings. The fraction of sp³-hybridized carbons (Fsp3) is 0.562. The molecule has 5 nitrogen and oxygen atoms in total. The standard InChI is InChI=1S/C16H22O5/c1-16(2)7-6-11(9-16)21-13-8-10(4-5-12(13)17)14(18)15(19)20-3/h4-5,8,11,14,17-18H,6-7,9H2,1-3H3. The number of esters is 1. The predicted octanol–water partition coefficient (Wildman–Crippen LogP) is 2.56. The summed E-state index contributed by atoms with van der Waals surface area (Å²) in [5.74, 6) is -0.452. The molecule has 0 radical (unpaired) electrons. The van der Waals surface area contributed by atoms with Crippen molar-refractivity contribution >= 4 is 5.97 Å². The first-order valence-corrected chi connectivity index (χ1v) is 7.08. The van der Waals surface area contributed by atoms with E-state index in [9.17, 15) is 15.0 Å². The van der Waals surface area contributed by atoms with Crippen molar-refractivity contribution in [2.75, 3.05) is 7.11 Å². The summed E-state index contributed by atoms with van der Waals surface area (Å²) in [7, 11) is 1.21. The molecule has 0 heterocycles. The van der Waals surface area contributed by atoms with Crippen molar-refractivity contribution in [2.24, 2.45) is 5.41 Å². The van der Waals surface area contributed by atoms with Crippen molar-refractivity contribution in [3.8, 4) is 11.5 Å². The summed E-state index contributed by atoms with van der Waals surface area (Å²) in [4.78, 5) is 11.4. The molecular weight excluding hydrogens is 272 g/mol. The number of ether oxygens (including phenoxy) is 2. The van der Waals surface area contributed by atoms with Crippen LogP contribution < -0.4 is 4.74 Å². The van der Waals surface area contributed by atoms with Crippen molar-refractivity contribution < 1.29 is 24.5 Å². The Kier molecular flexibility index (Phi) is 4.42. The summed E-state index contributed by atoms with van der Waals surface area (Å²) in [6.07, 6.45) is 1.57. The summed E-state index contributed by atoms with van der Waals surface area (Å²) in [5, 5.41) is 19.7. The molecule has 1 aromatic carbocycles. The van der Waals surface area contributed by atoms with Crippen molar-refractivity contribution in [3.05, 3.63) is 23.8 Å². The molecule has 1 saturated carbocycles. The van der Waals surface area contributed by atoms with Gasteiger partial charge in [0.15, 0.2) is 17.6 Å². The monoisotopic (exact) mass is 294 g/mol. The van der Waals surface area contributed by atoms with Gasteiger partial charge in [-0.3, -0.25) is 0 Å². The molecule has 2 N–H and O–H groups in total. The number of hydrogen-bond acceptors (Lipinski definition) is 5. The lowest BCUT2D eigenvalue weighted by atomic mass is 9.92. The highest BCUT2D eigenvalue weighted by molar-refractivity contribution is 5.76. The van der Waals surface area contributed by atoms with Gasteiger partial charge in [0, 0.05) is 0 Å². The molecule has 116 valence electrons. The average molecular weight is 294 g/mol. The van der Waals surface area contributed by atoms with Gasteiger partial charge in [0.1, 0.15) is 0 Å². The van der Waals surface area contributed by atoms with Gasteiger partial charge in [0.2, 0.25) is 0 Å². The minimum absolute atomic E-state index is 0.000483. The van der Waals surface area contributed by atoms with Gasteiger partial charge in [-0.05, 0) is 42.4 Å². The lowest BCUT2D eigenvalue weighted by molar-refractivity contribution is -0.150. The van der Waals surface area contributed by atoms with Gasteiger partial charge < -0.3 is 19.7 Å². The van der Waals surface area contributed by atoms with E-state index >= 15 is 0 Å². The molecule has 2 unspecified atom stereocenters. The smallest absolute Gasteiger partial charge is 0.339 e. The third-order valence-corrected chi connectivity index (χ3v) is 3.94. The average Bonchev–Trinajstić information content (AvgIpc) is 2.78. The number of rotatable bonds is 4. The van der Waals surface area contributed by atoms with Crippen LogP contribution in [0.1, 0.15) is 44.8 Å². The quantitative estimate of drug-likeness (QED) is 0.835. The van der Waals surface area contributed by atoms with Gasteiger partial charge in [-0.2, -0.15) is 0 Å². The predicted molar refractivity (Wildman–Crippen MR) is 77.1 cm³/mol. The van der Waals surface area contributed by atoms with Crippen molar-refractivity contribution in [1.82, 2.24) is 0 Å². The van der Waals surface area contributed by atoms with Gasteiger partial charge in [-0.1, -0.05) is 19.9 Å². The minimum Gasteiger partial charge on any atom is -0.504 e. The molecule has 0 spiro atoms. The molecule has 0 bridgehead atoms. The Morgan fingerprint density at radius 2 is 2.14 bits per heavy atom.